The molecule has 0 aromatic rings. The van der Waals surface area contributed by atoms with Crippen molar-refractivity contribution in [2.24, 2.45) is 11.7 Å². The van der Waals surface area contributed by atoms with Crippen LogP contribution in [0.2, 0.25) is 0 Å². The Morgan fingerprint density at radius 1 is 0.810 bits per heavy atom. The summed E-state index contributed by atoms with van der Waals surface area (Å²) in [7, 11) is 0. The van der Waals surface area contributed by atoms with Crippen molar-refractivity contribution in [2.45, 2.75) is 97.9 Å². The molecule has 0 amide bonds. The number of nitrogens with two attached hydrogens (primary N) is 1. The zero-order valence-electron chi connectivity index (χ0n) is 15.4. The molecule has 2 nitrogen and oxygen atoms in total. The normalized spacial score (nSPS) is 13.3. The third-order valence-corrected chi connectivity index (χ3v) is 4.98. The molecule has 0 aromatic heterocycles. The summed E-state index contributed by atoms with van der Waals surface area (Å²) >= 11 is 0. The van der Waals surface area contributed by atoms with Gasteiger partial charge >= 0.3 is 0 Å². The van der Waals surface area contributed by atoms with E-state index in [0.29, 0.717) is 6.04 Å². The van der Waals surface area contributed by atoms with Crippen molar-refractivity contribution in [1.82, 2.24) is 4.90 Å². The van der Waals surface area contributed by atoms with Crippen LogP contribution in [0.15, 0.2) is 0 Å². The van der Waals surface area contributed by atoms with Crippen molar-refractivity contribution in [1.29, 1.82) is 0 Å². The lowest BCUT2D eigenvalue weighted by Crippen LogP contribution is -2.43. The van der Waals surface area contributed by atoms with Gasteiger partial charge in [0.1, 0.15) is 0 Å². The maximum Gasteiger partial charge on any atom is 0.0218 e. The largest absolute Gasteiger partial charge is 0.329 e. The fraction of sp³-hybridized carbons (Fsp3) is 1.00. The van der Waals surface area contributed by atoms with E-state index in [-0.39, 0.29) is 0 Å². The first kappa shape index (κ1) is 20.9. The molecule has 0 heterocycles. The maximum absolute atomic E-state index is 6.05. The number of hydrogen-bond acceptors (Lipinski definition) is 2. The minimum atomic E-state index is 0.603. The second-order valence-electron chi connectivity index (χ2n) is 6.57. The van der Waals surface area contributed by atoms with Gasteiger partial charge in [-0.2, -0.15) is 0 Å². The summed E-state index contributed by atoms with van der Waals surface area (Å²) in [5.41, 5.74) is 6.05. The molecular weight excluding hydrogens is 256 g/mol. The highest BCUT2D eigenvalue weighted by Gasteiger charge is 2.18. The Balaban J connectivity index is 3.93. The number of hydrogen-bond donors (Lipinski definition) is 1. The van der Waals surface area contributed by atoms with Gasteiger partial charge in [0.2, 0.25) is 0 Å². The molecule has 0 aliphatic rings. The van der Waals surface area contributed by atoms with Gasteiger partial charge in [0, 0.05) is 19.1 Å². The van der Waals surface area contributed by atoms with Crippen LogP contribution in [-0.4, -0.2) is 30.6 Å². The number of nitrogens with zero attached hydrogens (tertiary/aromatic N) is 1. The first-order valence-electron chi connectivity index (χ1n) is 9.67. The number of likely N-dealkylation sites (N-methyl/N-ethyl adjacent to an activating group) is 1. The van der Waals surface area contributed by atoms with Crippen molar-refractivity contribution in [3.05, 3.63) is 0 Å². The Morgan fingerprint density at radius 3 is 1.86 bits per heavy atom. The van der Waals surface area contributed by atoms with E-state index in [0.717, 1.165) is 19.0 Å². The number of rotatable bonds is 15. The molecule has 0 radical (unpaired) electrons. The second-order valence-corrected chi connectivity index (χ2v) is 6.57. The topological polar surface area (TPSA) is 29.3 Å². The van der Waals surface area contributed by atoms with Gasteiger partial charge in [0.25, 0.3) is 0 Å². The molecule has 0 saturated heterocycles. The van der Waals surface area contributed by atoms with Crippen molar-refractivity contribution >= 4 is 0 Å². The van der Waals surface area contributed by atoms with Crippen molar-refractivity contribution in [3.8, 4) is 0 Å². The minimum absolute atomic E-state index is 0.603. The number of unbranched alkanes of at least 4 members (excludes halogenated alkanes) is 6. The van der Waals surface area contributed by atoms with Crippen molar-refractivity contribution < 1.29 is 0 Å². The minimum Gasteiger partial charge on any atom is -0.329 e. The summed E-state index contributed by atoms with van der Waals surface area (Å²) in [6.07, 6.45) is 13.6. The Hall–Kier alpha value is -0.0800. The molecule has 128 valence electrons. The fourth-order valence-electron chi connectivity index (χ4n) is 3.20. The van der Waals surface area contributed by atoms with E-state index in [1.54, 1.807) is 0 Å². The maximum atomic E-state index is 6.05. The van der Waals surface area contributed by atoms with Crippen LogP contribution in [-0.2, 0) is 0 Å². The second kappa shape index (κ2) is 14.8. The fourth-order valence-corrected chi connectivity index (χ4v) is 3.20. The molecule has 0 fully saturated rings. The zero-order valence-corrected chi connectivity index (χ0v) is 15.4. The van der Waals surface area contributed by atoms with Crippen LogP contribution in [0.25, 0.3) is 0 Å². The van der Waals surface area contributed by atoms with Gasteiger partial charge in [0.15, 0.2) is 0 Å². The van der Waals surface area contributed by atoms with Crippen LogP contribution in [0.5, 0.6) is 0 Å². The molecule has 0 aliphatic carbocycles. The standard InChI is InChI=1S/C19H42N2/c1-5-9-10-11-12-13-14-15-19(16-20)21(8-4)17-18(6-2)7-3/h18-19H,5-17,20H2,1-4H3. The van der Waals surface area contributed by atoms with Gasteiger partial charge in [-0.3, -0.25) is 4.90 Å². The van der Waals surface area contributed by atoms with Crippen molar-refractivity contribution in [3.63, 3.8) is 0 Å². The SMILES string of the molecule is CCCCCCCCCC(CN)N(CC)CC(CC)CC. The predicted molar refractivity (Wildman–Crippen MR) is 96.8 cm³/mol. The summed E-state index contributed by atoms with van der Waals surface area (Å²) in [6, 6.07) is 0.603. The van der Waals surface area contributed by atoms with Gasteiger partial charge in [-0.15, -0.1) is 0 Å². The van der Waals surface area contributed by atoms with Crippen LogP contribution in [0.4, 0.5) is 0 Å². The summed E-state index contributed by atoms with van der Waals surface area (Å²) in [6.45, 7) is 12.4. The summed E-state index contributed by atoms with van der Waals surface area (Å²) in [5.74, 6) is 0.841. The third kappa shape index (κ3) is 10.3. The molecule has 0 aliphatic heterocycles. The monoisotopic (exact) mass is 298 g/mol. The highest BCUT2D eigenvalue weighted by Crippen LogP contribution is 2.16. The lowest BCUT2D eigenvalue weighted by atomic mass is 9.99. The summed E-state index contributed by atoms with van der Waals surface area (Å²) in [5, 5.41) is 0. The quantitative estimate of drug-likeness (QED) is 0.420. The van der Waals surface area contributed by atoms with E-state index in [1.165, 1.54) is 70.8 Å². The molecule has 0 bridgehead atoms. The van der Waals surface area contributed by atoms with Gasteiger partial charge < -0.3 is 5.73 Å². The summed E-state index contributed by atoms with van der Waals surface area (Å²) < 4.78 is 0. The van der Waals surface area contributed by atoms with E-state index in [9.17, 15) is 0 Å². The molecule has 1 atom stereocenters. The van der Waals surface area contributed by atoms with Gasteiger partial charge in [-0.1, -0.05) is 85.5 Å². The summed E-state index contributed by atoms with van der Waals surface area (Å²) in [4.78, 5) is 2.63. The Labute approximate surface area is 134 Å². The van der Waals surface area contributed by atoms with Crippen LogP contribution in [0, 0.1) is 5.92 Å². The average Bonchev–Trinajstić information content (AvgIpc) is 2.52. The van der Waals surface area contributed by atoms with E-state index < -0.39 is 0 Å². The average molecular weight is 299 g/mol. The van der Waals surface area contributed by atoms with Gasteiger partial charge in [-0.05, 0) is 18.9 Å². The molecule has 0 rings (SSSR count). The van der Waals surface area contributed by atoms with Crippen LogP contribution < -0.4 is 5.73 Å². The van der Waals surface area contributed by atoms with Crippen LogP contribution >= 0.6 is 0 Å². The third-order valence-electron chi connectivity index (χ3n) is 4.98. The molecule has 2 heteroatoms. The highest BCUT2D eigenvalue weighted by atomic mass is 15.2. The molecule has 21 heavy (non-hydrogen) atoms. The Kier molecular flexibility index (Phi) is 14.8. The lowest BCUT2D eigenvalue weighted by molar-refractivity contribution is 0.163. The molecule has 1 unspecified atom stereocenters. The zero-order chi connectivity index (χ0) is 15.9. The van der Waals surface area contributed by atoms with Crippen molar-refractivity contribution in [2.75, 3.05) is 19.6 Å². The molecule has 0 aromatic carbocycles. The first-order valence-corrected chi connectivity index (χ1v) is 9.67. The Morgan fingerprint density at radius 2 is 1.38 bits per heavy atom. The molecule has 0 spiro atoms. The van der Waals surface area contributed by atoms with E-state index in [1.807, 2.05) is 0 Å². The molecule has 2 N–H and O–H groups in total. The first-order chi connectivity index (χ1) is 10.2. The van der Waals surface area contributed by atoms with E-state index >= 15 is 0 Å². The molecular formula is C19H42N2. The lowest BCUT2D eigenvalue weighted by Gasteiger charge is -2.32. The highest BCUT2D eigenvalue weighted by molar-refractivity contribution is 4.74. The van der Waals surface area contributed by atoms with E-state index in [4.69, 9.17) is 5.73 Å². The van der Waals surface area contributed by atoms with Gasteiger partial charge in [0.05, 0.1) is 0 Å². The van der Waals surface area contributed by atoms with Crippen LogP contribution in [0.3, 0.4) is 0 Å². The van der Waals surface area contributed by atoms with Gasteiger partial charge in [-0.25, -0.2) is 0 Å². The smallest absolute Gasteiger partial charge is 0.0218 e. The van der Waals surface area contributed by atoms with Crippen LogP contribution in [0.1, 0.15) is 91.9 Å². The Bertz CT molecular complexity index is 202. The predicted octanol–water partition coefficient (Wildman–Crippen LogP) is 5.21. The molecule has 0 saturated carbocycles. The van der Waals surface area contributed by atoms with E-state index in [2.05, 4.69) is 32.6 Å².